The van der Waals surface area contributed by atoms with Gasteiger partial charge >= 0.3 is 0 Å². The van der Waals surface area contributed by atoms with Crippen molar-refractivity contribution in [3.8, 4) is 5.75 Å². The number of ether oxygens (including phenoxy) is 1. The van der Waals surface area contributed by atoms with Gasteiger partial charge < -0.3 is 19.0 Å². The molecule has 0 bridgehead atoms. The molecule has 2 heterocycles. The molecule has 6 nitrogen and oxygen atoms in total. The van der Waals surface area contributed by atoms with Gasteiger partial charge in [-0.2, -0.15) is 0 Å². The van der Waals surface area contributed by atoms with Crippen LogP contribution in [0.4, 0.5) is 0 Å². The molecule has 1 aromatic heterocycles. The highest BCUT2D eigenvalue weighted by Crippen LogP contribution is 2.13. The summed E-state index contributed by atoms with van der Waals surface area (Å²) in [4.78, 5) is 28.4. The number of hydrogen-bond donors (Lipinski definition) is 0. The molecule has 144 valence electrons. The molecule has 1 fully saturated rings. The summed E-state index contributed by atoms with van der Waals surface area (Å²) in [7, 11) is 0. The van der Waals surface area contributed by atoms with Crippen molar-refractivity contribution in [3.05, 3.63) is 54.0 Å². The molecule has 0 unspecified atom stereocenters. The second kappa shape index (κ2) is 9.26. The molecule has 2 amide bonds. The Hall–Kier alpha value is -2.76. The molecule has 1 aliphatic rings. The summed E-state index contributed by atoms with van der Waals surface area (Å²) in [5.41, 5.74) is 1.19. The van der Waals surface area contributed by atoms with Gasteiger partial charge in [-0.3, -0.25) is 9.59 Å². The van der Waals surface area contributed by atoms with Gasteiger partial charge in [0.1, 0.15) is 5.75 Å². The molecule has 0 aliphatic carbocycles. The topological polar surface area (TPSA) is 63.0 Å². The van der Waals surface area contributed by atoms with E-state index in [0.717, 1.165) is 12.2 Å². The van der Waals surface area contributed by atoms with Crippen molar-refractivity contribution in [2.45, 2.75) is 26.2 Å². The first-order valence-electron chi connectivity index (χ1n) is 9.43. The van der Waals surface area contributed by atoms with Crippen molar-refractivity contribution in [2.24, 2.45) is 0 Å². The molecule has 2 aromatic rings. The quantitative estimate of drug-likeness (QED) is 0.733. The average molecular weight is 370 g/mol. The fraction of sp³-hybridized carbons (Fsp3) is 0.429. The summed E-state index contributed by atoms with van der Waals surface area (Å²) in [6, 6.07) is 11.3. The third-order valence-electron chi connectivity index (χ3n) is 4.69. The van der Waals surface area contributed by atoms with Crippen molar-refractivity contribution in [2.75, 3.05) is 32.8 Å². The minimum atomic E-state index is -0.110. The Morgan fingerprint density at radius 3 is 2.52 bits per heavy atom. The van der Waals surface area contributed by atoms with Crippen LogP contribution >= 0.6 is 0 Å². The van der Waals surface area contributed by atoms with Crippen molar-refractivity contribution >= 4 is 11.8 Å². The van der Waals surface area contributed by atoms with Gasteiger partial charge in [-0.1, -0.05) is 17.7 Å². The van der Waals surface area contributed by atoms with Gasteiger partial charge in [0, 0.05) is 32.6 Å². The number of rotatable bonds is 6. The minimum absolute atomic E-state index is 0.110. The monoisotopic (exact) mass is 370 g/mol. The molecule has 0 N–H and O–H groups in total. The Morgan fingerprint density at radius 1 is 1.04 bits per heavy atom. The Labute approximate surface area is 159 Å². The van der Waals surface area contributed by atoms with Gasteiger partial charge in [0.05, 0.1) is 12.9 Å². The number of amides is 2. The Bertz CT molecular complexity index is 740. The Kier molecular flexibility index (Phi) is 6.52. The van der Waals surface area contributed by atoms with E-state index in [1.165, 1.54) is 11.8 Å². The molecular weight excluding hydrogens is 344 g/mol. The molecule has 27 heavy (non-hydrogen) atoms. The van der Waals surface area contributed by atoms with E-state index in [1.807, 2.05) is 36.1 Å². The summed E-state index contributed by atoms with van der Waals surface area (Å²) < 4.78 is 10.9. The molecule has 0 spiro atoms. The van der Waals surface area contributed by atoms with Crippen LogP contribution in [0, 0.1) is 6.92 Å². The third-order valence-corrected chi connectivity index (χ3v) is 4.69. The average Bonchev–Trinajstić information content (AvgIpc) is 3.10. The molecule has 1 aromatic carbocycles. The second-order valence-electron chi connectivity index (χ2n) is 6.77. The molecule has 0 saturated carbocycles. The number of hydrogen-bond acceptors (Lipinski definition) is 4. The zero-order chi connectivity index (χ0) is 19.1. The fourth-order valence-corrected chi connectivity index (χ4v) is 3.13. The van der Waals surface area contributed by atoms with Crippen LogP contribution in [-0.2, 0) is 4.79 Å². The maximum Gasteiger partial charge on any atom is 0.289 e. The molecule has 3 rings (SSSR count). The number of carbonyl (C=O) groups is 2. The first-order valence-corrected chi connectivity index (χ1v) is 9.43. The van der Waals surface area contributed by atoms with Crippen LogP contribution in [0.5, 0.6) is 5.75 Å². The number of carbonyl (C=O) groups excluding carboxylic acids is 2. The maximum absolute atomic E-state index is 12.5. The molecule has 6 heteroatoms. The van der Waals surface area contributed by atoms with Crippen molar-refractivity contribution in [1.29, 1.82) is 0 Å². The molecule has 0 atom stereocenters. The number of benzene rings is 1. The van der Waals surface area contributed by atoms with Gasteiger partial charge in [0.15, 0.2) is 5.76 Å². The first kappa shape index (κ1) is 19.0. The standard InChI is InChI=1S/C21H26N2O4/c1-17-7-9-18(10-8-17)26-15-3-6-20(24)22-11-4-12-23(14-13-22)21(25)19-5-2-16-27-19/h2,5,7-10,16H,3-4,6,11-15H2,1H3. The lowest BCUT2D eigenvalue weighted by molar-refractivity contribution is -0.131. The third kappa shape index (κ3) is 5.36. The van der Waals surface area contributed by atoms with E-state index in [0.29, 0.717) is 51.4 Å². The predicted molar refractivity (Wildman–Crippen MR) is 102 cm³/mol. The van der Waals surface area contributed by atoms with Gasteiger partial charge in [-0.15, -0.1) is 0 Å². The molecule has 0 radical (unpaired) electrons. The molecule has 1 aliphatic heterocycles. The minimum Gasteiger partial charge on any atom is -0.494 e. The van der Waals surface area contributed by atoms with E-state index < -0.39 is 0 Å². The van der Waals surface area contributed by atoms with Gasteiger partial charge in [-0.25, -0.2) is 0 Å². The summed E-state index contributed by atoms with van der Waals surface area (Å²) in [5, 5.41) is 0. The van der Waals surface area contributed by atoms with Gasteiger partial charge in [-0.05, 0) is 44.0 Å². The summed E-state index contributed by atoms with van der Waals surface area (Å²) >= 11 is 0. The maximum atomic E-state index is 12.5. The first-order chi connectivity index (χ1) is 13.1. The van der Waals surface area contributed by atoms with Crippen LogP contribution in [0.1, 0.15) is 35.4 Å². The fourth-order valence-electron chi connectivity index (χ4n) is 3.13. The summed E-state index contributed by atoms with van der Waals surface area (Å²) in [6.07, 6.45) is 3.41. The lowest BCUT2D eigenvalue weighted by Gasteiger charge is -2.21. The zero-order valence-corrected chi connectivity index (χ0v) is 15.7. The van der Waals surface area contributed by atoms with Gasteiger partial charge in [0.25, 0.3) is 5.91 Å². The van der Waals surface area contributed by atoms with E-state index in [1.54, 1.807) is 17.0 Å². The Morgan fingerprint density at radius 2 is 1.78 bits per heavy atom. The van der Waals surface area contributed by atoms with Crippen LogP contribution in [0.3, 0.4) is 0 Å². The van der Waals surface area contributed by atoms with Crippen LogP contribution in [0.15, 0.2) is 47.1 Å². The molecule has 1 saturated heterocycles. The van der Waals surface area contributed by atoms with E-state index >= 15 is 0 Å². The normalized spacial score (nSPS) is 14.7. The largest absolute Gasteiger partial charge is 0.494 e. The highest BCUT2D eigenvalue weighted by atomic mass is 16.5. The van der Waals surface area contributed by atoms with Crippen LogP contribution in [0.25, 0.3) is 0 Å². The van der Waals surface area contributed by atoms with Crippen LogP contribution in [-0.4, -0.2) is 54.4 Å². The smallest absolute Gasteiger partial charge is 0.289 e. The van der Waals surface area contributed by atoms with Crippen molar-refractivity contribution in [1.82, 2.24) is 9.80 Å². The lowest BCUT2D eigenvalue weighted by Crippen LogP contribution is -2.37. The summed E-state index contributed by atoms with van der Waals surface area (Å²) in [5.74, 6) is 1.19. The van der Waals surface area contributed by atoms with Crippen molar-refractivity contribution < 1.29 is 18.7 Å². The SMILES string of the molecule is Cc1ccc(OCCCC(=O)N2CCCN(C(=O)c3ccco3)CC2)cc1. The summed E-state index contributed by atoms with van der Waals surface area (Å²) in [6.45, 7) is 4.97. The van der Waals surface area contributed by atoms with Crippen LogP contribution in [0.2, 0.25) is 0 Å². The van der Waals surface area contributed by atoms with E-state index in [4.69, 9.17) is 9.15 Å². The molecular formula is C21H26N2O4. The van der Waals surface area contributed by atoms with E-state index in [-0.39, 0.29) is 11.8 Å². The number of furan rings is 1. The lowest BCUT2D eigenvalue weighted by atomic mass is 10.2. The number of nitrogens with zero attached hydrogens (tertiary/aromatic N) is 2. The number of aryl methyl sites for hydroxylation is 1. The van der Waals surface area contributed by atoms with Gasteiger partial charge in [0.2, 0.25) is 5.91 Å². The van der Waals surface area contributed by atoms with Crippen LogP contribution < -0.4 is 4.74 Å². The zero-order valence-electron chi connectivity index (χ0n) is 15.7. The second-order valence-corrected chi connectivity index (χ2v) is 6.77. The highest BCUT2D eigenvalue weighted by molar-refractivity contribution is 5.91. The van der Waals surface area contributed by atoms with E-state index in [9.17, 15) is 9.59 Å². The van der Waals surface area contributed by atoms with Crippen molar-refractivity contribution in [3.63, 3.8) is 0 Å². The Balaban J connectivity index is 1.40. The highest BCUT2D eigenvalue weighted by Gasteiger charge is 2.23. The van der Waals surface area contributed by atoms with E-state index in [2.05, 4.69) is 0 Å². The predicted octanol–water partition coefficient (Wildman–Crippen LogP) is 3.12.